The molecular formula is C17H22ClN3O3. The van der Waals surface area contributed by atoms with Crippen molar-refractivity contribution in [2.45, 2.75) is 38.3 Å². The van der Waals surface area contributed by atoms with Crippen LogP contribution in [0.15, 0.2) is 6.20 Å². The van der Waals surface area contributed by atoms with Gasteiger partial charge in [0, 0.05) is 38.0 Å². The predicted octanol–water partition coefficient (Wildman–Crippen LogP) is 2.02. The van der Waals surface area contributed by atoms with Crippen molar-refractivity contribution in [1.82, 2.24) is 9.88 Å². The van der Waals surface area contributed by atoms with Crippen LogP contribution in [-0.4, -0.2) is 60.8 Å². The Morgan fingerprint density at radius 1 is 1.46 bits per heavy atom. The van der Waals surface area contributed by atoms with Crippen LogP contribution in [0, 0.1) is 6.92 Å². The van der Waals surface area contributed by atoms with Crippen LogP contribution in [-0.2, 0) is 9.53 Å². The molecule has 2 atom stereocenters. The highest BCUT2D eigenvalue weighted by Crippen LogP contribution is 2.38. The maximum atomic E-state index is 12.5. The Labute approximate surface area is 146 Å². The van der Waals surface area contributed by atoms with Crippen molar-refractivity contribution in [3.63, 3.8) is 0 Å². The van der Waals surface area contributed by atoms with Crippen LogP contribution in [0.2, 0.25) is 5.02 Å². The molecule has 4 heterocycles. The Balaban J connectivity index is 1.45. The minimum atomic E-state index is 0.102. The monoisotopic (exact) mass is 351 g/mol. The molecule has 0 aliphatic carbocycles. The Morgan fingerprint density at radius 2 is 2.33 bits per heavy atom. The second-order valence-electron chi connectivity index (χ2n) is 6.72. The number of aromatic nitrogens is 1. The first kappa shape index (κ1) is 16.0. The first-order valence-corrected chi connectivity index (χ1v) is 8.95. The number of amides is 1. The minimum Gasteiger partial charge on any atom is -0.487 e. The van der Waals surface area contributed by atoms with E-state index in [1.165, 1.54) is 0 Å². The number of piperazine rings is 1. The number of rotatable bonds is 2. The Hall–Kier alpha value is -1.53. The maximum absolute atomic E-state index is 12.5. The molecule has 6 nitrogen and oxygen atoms in total. The summed E-state index contributed by atoms with van der Waals surface area (Å²) in [5.74, 6) is 1.81. The molecule has 1 aromatic rings. The quantitative estimate of drug-likeness (QED) is 0.816. The Morgan fingerprint density at radius 3 is 3.12 bits per heavy atom. The fourth-order valence-corrected chi connectivity index (χ4v) is 3.87. The number of hydrogen-bond donors (Lipinski definition) is 0. The van der Waals surface area contributed by atoms with Crippen LogP contribution < -0.4 is 9.64 Å². The molecule has 3 aliphatic heterocycles. The van der Waals surface area contributed by atoms with Gasteiger partial charge in [-0.15, -0.1) is 0 Å². The van der Waals surface area contributed by atoms with Crippen molar-refractivity contribution in [3.8, 4) is 5.75 Å². The summed E-state index contributed by atoms with van der Waals surface area (Å²) < 4.78 is 11.5. The van der Waals surface area contributed by atoms with Crippen LogP contribution in [0.3, 0.4) is 0 Å². The van der Waals surface area contributed by atoms with Gasteiger partial charge in [-0.3, -0.25) is 4.79 Å². The lowest BCUT2D eigenvalue weighted by Crippen LogP contribution is -2.59. The summed E-state index contributed by atoms with van der Waals surface area (Å²) in [4.78, 5) is 21.2. The summed E-state index contributed by atoms with van der Waals surface area (Å²) in [6, 6.07) is 0.146. The Bertz CT molecular complexity index is 648. The van der Waals surface area contributed by atoms with Gasteiger partial charge in [0.1, 0.15) is 6.61 Å². The number of pyridine rings is 1. The van der Waals surface area contributed by atoms with Crippen molar-refractivity contribution in [3.05, 3.63) is 16.8 Å². The van der Waals surface area contributed by atoms with Crippen LogP contribution in [0.1, 0.15) is 24.8 Å². The van der Waals surface area contributed by atoms with Gasteiger partial charge in [-0.05, 0) is 19.8 Å². The predicted molar refractivity (Wildman–Crippen MR) is 90.8 cm³/mol. The molecule has 1 aromatic heterocycles. The van der Waals surface area contributed by atoms with Crippen molar-refractivity contribution in [2.75, 3.05) is 37.7 Å². The zero-order chi connectivity index (χ0) is 16.7. The largest absolute Gasteiger partial charge is 0.487 e. The number of carbonyl (C=O) groups is 1. The summed E-state index contributed by atoms with van der Waals surface area (Å²) >= 11 is 6.14. The lowest BCUT2D eigenvalue weighted by atomic mass is 10.1. The zero-order valence-corrected chi connectivity index (χ0v) is 14.6. The van der Waals surface area contributed by atoms with Crippen LogP contribution >= 0.6 is 11.6 Å². The third kappa shape index (κ3) is 2.82. The van der Waals surface area contributed by atoms with E-state index < -0.39 is 0 Å². The van der Waals surface area contributed by atoms with Crippen molar-refractivity contribution in [1.29, 1.82) is 0 Å². The van der Waals surface area contributed by atoms with Gasteiger partial charge in [0.15, 0.2) is 11.6 Å². The number of nitrogens with zero attached hydrogens (tertiary/aromatic N) is 3. The van der Waals surface area contributed by atoms with E-state index in [1.807, 2.05) is 11.8 Å². The summed E-state index contributed by atoms with van der Waals surface area (Å²) in [5.41, 5.74) is 0.928. The third-order valence-corrected chi connectivity index (χ3v) is 5.54. The van der Waals surface area contributed by atoms with Gasteiger partial charge in [-0.1, -0.05) is 11.6 Å². The second-order valence-corrected chi connectivity index (χ2v) is 7.13. The molecule has 0 saturated carbocycles. The molecule has 24 heavy (non-hydrogen) atoms. The van der Waals surface area contributed by atoms with Gasteiger partial charge >= 0.3 is 0 Å². The maximum Gasteiger partial charge on any atom is 0.225 e. The van der Waals surface area contributed by atoms with Gasteiger partial charge in [0.2, 0.25) is 5.91 Å². The fourth-order valence-electron chi connectivity index (χ4n) is 3.74. The third-order valence-electron chi connectivity index (χ3n) is 5.16. The smallest absolute Gasteiger partial charge is 0.225 e. The van der Waals surface area contributed by atoms with E-state index in [4.69, 9.17) is 21.1 Å². The average Bonchev–Trinajstić information content (AvgIpc) is 3.10. The van der Waals surface area contributed by atoms with Crippen molar-refractivity contribution in [2.24, 2.45) is 0 Å². The number of fused-ring (bicyclic) bond motifs is 3. The van der Waals surface area contributed by atoms with Gasteiger partial charge < -0.3 is 19.3 Å². The number of hydrogen-bond acceptors (Lipinski definition) is 5. The molecule has 7 heteroatoms. The molecule has 3 aliphatic rings. The molecule has 1 amide bonds. The molecule has 4 rings (SSSR count). The molecular weight excluding hydrogens is 330 g/mol. The highest BCUT2D eigenvalue weighted by molar-refractivity contribution is 6.31. The van der Waals surface area contributed by atoms with Crippen molar-refractivity contribution >= 4 is 23.3 Å². The van der Waals surface area contributed by atoms with Gasteiger partial charge in [0.25, 0.3) is 0 Å². The number of carbonyl (C=O) groups excluding carboxylic acids is 1. The summed E-state index contributed by atoms with van der Waals surface area (Å²) in [7, 11) is 0. The van der Waals surface area contributed by atoms with E-state index in [-0.39, 0.29) is 18.1 Å². The van der Waals surface area contributed by atoms with Crippen molar-refractivity contribution < 1.29 is 14.3 Å². The first-order valence-electron chi connectivity index (χ1n) is 8.57. The summed E-state index contributed by atoms with van der Waals surface area (Å²) in [6.07, 6.45) is 4.33. The summed E-state index contributed by atoms with van der Waals surface area (Å²) in [5, 5.41) is 0.623. The lowest BCUT2D eigenvalue weighted by molar-refractivity contribution is -0.134. The molecule has 2 saturated heterocycles. The number of anilines is 1. The van der Waals surface area contributed by atoms with Crippen LogP contribution in [0.5, 0.6) is 5.75 Å². The van der Waals surface area contributed by atoms with E-state index in [0.717, 1.165) is 43.1 Å². The van der Waals surface area contributed by atoms with Gasteiger partial charge in [0.05, 0.1) is 23.6 Å². The van der Waals surface area contributed by atoms with E-state index in [0.29, 0.717) is 31.1 Å². The van der Waals surface area contributed by atoms with Crippen LogP contribution in [0.4, 0.5) is 5.82 Å². The zero-order valence-electron chi connectivity index (χ0n) is 13.8. The molecule has 130 valence electrons. The number of ether oxygens (including phenoxy) is 2. The molecule has 0 bridgehead atoms. The van der Waals surface area contributed by atoms with E-state index in [2.05, 4.69) is 9.88 Å². The molecule has 0 N–H and O–H groups in total. The standard InChI is InChI=1S/C17H22ClN3O3/c1-11-14(18)8-19-17-16(11)24-10-12-9-20(4-5-21(12)17)15(22)7-13-3-2-6-23-13/h8,12-13H,2-7,9-10H2,1H3. The normalized spacial score (nSPS) is 25.9. The number of halogens is 1. The van der Waals surface area contributed by atoms with E-state index in [1.54, 1.807) is 6.20 Å². The molecule has 0 radical (unpaired) electrons. The summed E-state index contributed by atoms with van der Waals surface area (Å²) in [6.45, 7) is 5.45. The van der Waals surface area contributed by atoms with Crippen LogP contribution in [0.25, 0.3) is 0 Å². The van der Waals surface area contributed by atoms with Gasteiger partial charge in [-0.25, -0.2) is 4.98 Å². The molecule has 2 fully saturated rings. The SMILES string of the molecule is Cc1c(Cl)cnc2c1OCC1CN(C(=O)CC3CCCO3)CCN21. The average molecular weight is 352 g/mol. The van der Waals surface area contributed by atoms with E-state index in [9.17, 15) is 4.79 Å². The van der Waals surface area contributed by atoms with Gasteiger partial charge in [-0.2, -0.15) is 0 Å². The molecule has 0 spiro atoms. The molecule has 2 unspecified atom stereocenters. The lowest BCUT2D eigenvalue weighted by Gasteiger charge is -2.45. The highest BCUT2D eigenvalue weighted by atomic mass is 35.5. The minimum absolute atomic E-state index is 0.102. The topological polar surface area (TPSA) is 54.9 Å². The van der Waals surface area contributed by atoms with E-state index >= 15 is 0 Å². The Kier molecular flexibility index (Phi) is 4.26. The molecule has 0 aromatic carbocycles. The first-order chi connectivity index (χ1) is 11.6. The highest BCUT2D eigenvalue weighted by Gasteiger charge is 2.36. The fraction of sp³-hybridized carbons (Fsp3) is 0.647. The second kappa shape index (κ2) is 6.41.